The van der Waals surface area contributed by atoms with E-state index < -0.39 is 0 Å². The lowest BCUT2D eigenvalue weighted by atomic mass is 9.86. The molecule has 1 aliphatic heterocycles. The minimum atomic E-state index is 0.576. The third-order valence-electron chi connectivity index (χ3n) is 4.49. The zero-order chi connectivity index (χ0) is 15.2. The first kappa shape index (κ1) is 16.4. The van der Waals surface area contributed by atoms with Crippen LogP contribution in [0.3, 0.4) is 0 Å². The Morgan fingerprint density at radius 1 is 1.05 bits per heavy atom. The average Bonchev–Trinajstić information content (AvgIpc) is 2.47. The summed E-state index contributed by atoms with van der Waals surface area (Å²) < 4.78 is 5.74. The topological polar surface area (TPSA) is 12.5 Å². The van der Waals surface area contributed by atoms with Crippen molar-refractivity contribution in [1.82, 2.24) is 4.90 Å². The van der Waals surface area contributed by atoms with Crippen molar-refractivity contribution in [2.24, 2.45) is 17.8 Å². The number of ether oxygens (including phenoxy) is 1. The first-order valence-electron chi connectivity index (χ1n) is 8.48. The maximum absolute atomic E-state index is 5.74. The number of nitrogens with zero attached hydrogens (tertiary/aromatic N) is 1. The van der Waals surface area contributed by atoms with E-state index >= 15 is 0 Å². The molecule has 118 valence electrons. The Kier molecular flexibility index (Phi) is 6.10. The van der Waals surface area contributed by atoms with Crippen molar-refractivity contribution in [2.45, 2.75) is 47.1 Å². The van der Waals surface area contributed by atoms with Gasteiger partial charge in [0.25, 0.3) is 0 Å². The van der Waals surface area contributed by atoms with E-state index in [4.69, 9.17) is 4.74 Å². The molecular formula is C19H31NO. The molecule has 1 aromatic rings. The molecular weight excluding hydrogens is 258 g/mol. The van der Waals surface area contributed by atoms with Gasteiger partial charge in [0.05, 0.1) is 6.61 Å². The summed E-state index contributed by atoms with van der Waals surface area (Å²) in [5.41, 5.74) is 1.40. The van der Waals surface area contributed by atoms with Crippen LogP contribution in [0, 0.1) is 17.8 Å². The third kappa shape index (κ3) is 5.35. The zero-order valence-corrected chi connectivity index (χ0v) is 14.1. The van der Waals surface area contributed by atoms with Crippen LogP contribution in [0.4, 0.5) is 0 Å². The van der Waals surface area contributed by atoms with Crippen LogP contribution >= 0.6 is 0 Å². The fraction of sp³-hybridized carbons (Fsp3) is 0.684. The summed E-state index contributed by atoms with van der Waals surface area (Å²) in [7, 11) is 0. The molecule has 21 heavy (non-hydrogen) atoms. The lowest BCUT2D eigenvalue weighted by Gasteiger charge is -2.33. The molecule has 0 aromatic heterocycles. The maximum Gasteiger partial charge on any atom is 0.119 e. The monoisotopic (exact) mass is 289 g/mol. The van der Waals surface area contributed by atoms with Gasteiger partial charge in [0, 0.05) is 6.54 Å². The van der Waals surface area contributed by atoms with Gasteiger partial charge in [-0.1, -0.05) is 39.8 Å². The Hall–Kier alpha value is -1.02. The smallest absolute Gasteiger partial charge is 0.119 e. The van der Waals surface area contributed by atoms with Gasteiger partial charge in [0.2, 0.25) is 0 Å². The van der Waals surface area contributed by atoms with Crippen molar-refractivity contribution < 1.29 is 4.74 Å². The van der Waals surface area contributed by atoms with Gasteiger partial charge in [-0.05, 0) is 61.4 Å². The van der Waals surface area contributed by atoms with Crippen molar-refractivity contribution in [3.8, 4) is 5.75 Å². The standard InChI is InChI=1S/C19H31NO/c1-15(2)14-21-19-7-5-17(6-8-19)13-20-11-9-18(10-12-20)16(3)4/h5-8,15-16,18H,9-14H2,1-4H3. The van der Waals surface area contributed by atoms with Crippen LogP contribution in [-0.4, -0.2) is 24.6 Å². The SMILES string of the molecule is CC(C)COc1ccc(CN2CCC(C(C)C)CC2)cc1. The van der Waals surface area contributed by atoms with Gasteiger partial charge in [0.1, 0.15) is 5.75 Å². The predicted octanol–water partition coefficient (Wildman–Crippen LogP) is 4.59. The number of piperidine rings is 1. The van der Waals surface area contributed by atoms with Gasteiger partial charge < -0.3 is 4.74 Å². The minimum absolute atomic E-state index is 0.576. The third-order valence-corrected chi connectivity index (χ3v) is 4.49. The van der Waals surface area contributed by atoms with E-state index in [0.29, 0.717) is 5.92 Å². The zero-order valence-electron chi connectivity index (χ0n) is 14.1. The van der Waals surface area contributed by atoms with Gasteiger partial charge in [-0.2, -0.15) is 0 Å². The number of benzene rings is 1. The second-order valence-electron chi connectivity index (χ2n) is 7.21. The molecule has 2 rings (SSSR count). The highest BCUT2D eigenvalue weighted by molar-refractivity contribution is 5.27. The average molecular weight is 289 g/mol. The molecule has 0 saturated carbocycles. The highest BCUT2D eigenvalue weighted by Gasteiger charge is 2.21. The molecule has 0 N–H and O–H groups in total. The molecule has 1 fully saturated rings. The molecule has 1 saturated heterocycles. The Labute approximate surface area is 130 Å². The second kappa shape index (κ2) is 7.84. The molecule has 0 amide bonds. The summed E-state index contributed by atoms with van der Waals surface area (Å²) in [6.45, 7) is 13.4. The van der Waals surface area contributed by atoms with Gasteiger partial charge in [-0.3, -0.25) is 4.90 Å². The lowest BCUT2D eigenvalue weighted by Crippen LogP contribution is -2.34. The Balaban J connectivity index is 1.78. The summed E-state index contributed by atoms with van der Waals surface area (Å²) in [4.78, 5) is 2.59. The molecule has 1 aromatic carbocycles. The fourth-order valence-corrected chi connectivity index (χ4v) is 2.99. The molecule has 0 radical (unpaired) electrons. The molecule has 0 aliphatic carbocycles. The second-order valence-corrected chi connectivity index (χ2v) is 7.21. The molecule has 2 nitrogen and oxygen atoms in total. The molecule has 0 unspecified atom stereocenters. The Morgan fingerprint density at radius 2 is 1.67 bits per heavy atom. The fourth-order valence-electron chi connectivity index (χ4n) is 2.99. The Bertz CT molecular complexity index is 402. The largest absolute Gasteiger partial charge is 0.493 e. The summed E-state index contributed by atoms with van der Waals surface area (Å²) in [6.07, 6.45) is 2.71. The maximum atomic E-state index is 5.74. The normalized spacial score (nSPS) is 17.6. The number of hydrogen-bond acceptors (Lipinski definition) is 2. The number of likely N-dealkylation sites (tertiary alicyclic amines) is 1. The number of hydrogen-bond donors (Lipinski definition) is 0. The van der Waals surface area contributed by atoms with Crippen molar-refractivity contribution in [2.75, 3.05) is 19.7 Å². The first-order valence-corrected chi connectivity index (χ1v) is 8.48. The summed E-state index contributed by atoms with van der Waals surface area (Å²) >= 11 is 0. The summed E-state index contributed by atoms with van der Waals surface area (Å²) in [6, 6.07) is 8.64. The van der Waals surface area contributed by atoms with E-state index in [1.54, 1.807) is 0 Å². The number of rotatable bonds is 6. The molecule has 1 aliphatic rings. The van der Waals surface area contributed by atoms with Crippen LogP contribution in [0.2, 0.25) is 0 Å². The Morgan fingerprint density at radius 3 is 2.19 bits per heavy atom. The molecule has 0 spiro atoms. The van der Waals surface area contributed by atoms with Crippen LogP contribution < -0.4 is 4.74 Å². The van der Waals surface area contributed by atoms with E-state index in [2.05, 4.69) is 56.9 Å². The van der Waals surface area contributed by atoms with E-state index in [-0.39, 0.29) is 0 Å². The molecule has 0 atom stereocenters. The van der Waals surface area contributed by atoms with Crippen LogP contribution in [0.15, 0.2) is 24.3 Å². The predicted molar refractivity (Wildman–Crippen MR) is 89.6 cm³/mol. The highest BCUT2D eigenvalue weighted by atomic mass is 16.5. The lowest BCUT2D eigenvalue weighted by molar-refractivity contribution is 0.152. The summed E-state index contributed by atoms with van der Waals surface area (Å²) in [5, 5.41) is 0. The van der Waals surface area contributed by atoms with Crippen molar-refractivity contribution in [3.63, 3.8) is 0 Å². The summed E-state index contributed by atoms with van der Waals surface area (Å²) in [5.74, 6) is 3.33. The van der Waals surface area contributed by atoms with Crippen LogP contribution in [0.1, 0.15) is 46.1 Å². The first-order chi connectivity index (χ1) is 10.0. The molecule has 0 bridgehead atoms. The highest BCUT2D eigenvalue weighted by Crippen LogP contribution is 2.25. The van der Waals surface area contributed by atoms with Gasteiger partial charge in [0.15, 0.2) is 0 Å². The van der Waals surface area contributed by atoms with E-state index in [1.807, 2.05) is 0 Å². The van der Waals surface area contributed by atoms with Crippen molar-refractivity contribution in [1.29, 1.82) is 0 Å². The van der Waals surface area contributed by atoms with Gasteiger partial charge >= 0.3 is 0 Å². The molecule has 2 heteroatoms. The van der Waals surface area contributed by atoms with Crippen LogP contribution in [0.5, 0.6) is 5.75 Å². The van der Waals surface area contributed by atoms with E-state index in [1.165, 1.54) is 31.5 Å². The quantitative estimate of drug-likeness (QED) is 0.759. The van der Waals surface area contributed by atoms with Gasteiger partial charge in [-0.25, -0.2) is 0 Å². The van der Waals surface area contributed by atoms with Crippen molar-refractivity contribution in [3.05, 3.63) is 29.8 Å². The van der Waals surface area contributed by atoms with E-state index in [0.717, 1.165) is 30.7 Å². The molecule has 1 heterocycles. The van der Waals surface area contributed by atoms with Crippen molar-refractivity contribution >= 4 is 0 Å². The minimum Gasteiger partial charge on any atom is -0.493 e. The van der Waals surface area contributed by atoms with Gasteiger partial charge in [-0.15, -0.1) is 0 Å². The van der Waals surface area contributed by atoms with Crippen LogP contribution in [-0.2, 0) is 6.54 Å². The van der Waals surface area contributed by atoms with E-state index in [9.17, 15) is 0 Å². The van der Waals surface area contributed by atoms with Crippen LogP contribution in [0.25, 0.3) is 0 Å².